The first kappa shape index (κ1) is 25.5. The van der Waals surface area contributed by atoms with Crippen LogP contribution in [0.4, 0.5) is 0 Å². The Balaban J connectivity index is -0.0000000720. The Morgan fingerprint density at radius 2 is 1.19 bits per heavy atom. The Labute approximate surface area is 144 Å². The van der Waals surface area contributed by atoms with E-state index >= 15 is 0 Å². The summed E-state index contributed by atoms with van der Waals surface area (Å²) in [7, 11) is 0. The summed E-state index contributed by atoms with van der Waals surface area (Å²) in [6.07, 6.45) is -2.29. The summed E-state index contributed by atoms with van der Waals surface area (Å²) >= 11 is 0. The number of hydrogen-bond donors (Lipinski definition) is 4. The Bertz CT molecular complexity index is 250. The third kappa shape index (κ3) is 9.86. The van der Waals surface area contributed by atoms with Gasteiger partial charge in [0.05, 0.1) is 12.8 Å². The fraction of sp³-hybridized carbons (Fsp3) is 0.500. The van der Waals surface area contributed by atoms with Crippen molar-refractivity contribution in [2.75, 3.05) is 0 Å². The molecule has 0 fully saturated rings. The van der Waals surface area contributed by atoms with E-state index in [1.54, 1.807) is 0 Å². The molecule has 0 unspecified atom stereocenters. The van der Waals surface area contributed by atoms with E-state index in [9.17, 15) is 14.4 Å². The van der Waals surface area contributed by atoms with Crippen LogP contribution >= 0.6 is 12.4 Å². The van der Waals surface area contributed by atoms with Gasteiger partial charge in [0.15, 0.2) is 5.60 Å². The van der Waals surface area contributed by atoms with E-state index in [0.717, 1.165) is 0 Å². The summed E-state index contributed by atoms with van der Waals surface area (Å²) in [6, 6.07) is 0. The second-order valence-electron chi connectivity index (χ2n) is 2.48. The minimum atomic E-state index is -2.74. The number of aliphatic carboxylic acids is 3. The normalized spacial score (nSPS) is 8.81. The summed E-state index contributed by atoms with van der Waals surface area (Å²) in [5, 5.41) is 33.8. The van der Waals surface area contributed by atoms with E-state index in [4.69, 9.17) is 20.4 Å². The smallest absolute Gasteiger partial charge is 1.00 e. The molecule has 86 valence electrons. The van der Waals surface area contributed by atoms with Gasteiger partial charge in [0.2, 0.25) is 0 Å². The second-order valence-corrected chi connectivity index (χ2v) is 2.48. The van der Waals surface area contributed by atoms with Crippen LogP contribution in [0.3, 0.4) is 0 Å². The molecule has 0 aliphatic rings. The average molecular weight is 277 g/mol. The molecule has 0 rings (SSSR count). The molecule has 10 heteroatoms. The molecule has 0 aromatic rings. The van der Waals surface area contributed by atoms with Crippen LogP contribution in [0.2, 0.25) is 0 Å². The Morgan fingerprint density at radius 1 is 0.938 bits per heavy atom. The minimum Gasteiger partial charge on any atom is -1.00 e. The Kier molecular flexibility index (Phi) is 17.2. The summed E-state index contributed by atoms with van der Waals surface area (Å²) in [6.45, 7) is 0. The molecule has 7 nitrogen and oxygen atoms in total. The maximum Gasteiger partial charge on any atom is 1.00 e. The quantitative estimate of drug-likeness (QED) is 0.367. The average Bonchev–Trinajstić information content (AvgIpc) is 1.82. The predicted octanol–water partition coefficient (Wildman–Crippen LogP) is -6.59. The SMILES string of the molecule is Cl.O=C(O)CC(O)(CC(=O)O)C(=O)O.[H-].[H-].[Na+].[Na+]. The minimum absolute atomic E-state index is 0. The number of carbonyl (C=O) groups is 3. The standard InChI is InChI=1S/C6H8O7.ClH.2Na.2H/c7-3(8)1-6(13,5(11)12)2-4(9)10;;;;;/h13H,1-2H2,(H,7,8)(H,9,10)(H,11,12);1H;;;;/q;;2*+1;2*-1. The predicted molar refractivity (Wildman–Crippen MR) is 46.6 cm³/mol. The van der Waals surface area contributed by atoms with Gasteiger partial charge in [-0.3, -0.25) is 9.59 Å². The summed E-state index contributed by atoms with van der Waals surface area (Å²) in [5.74, 6) is -5.02. The van der Waals surface area contributed by atoms with Crippen LogP contribution in [0.5, 0.6) is 0 Å². The third-order valence-corrected chi connectivity index (χ3v) is 1.29. The van der Waals surface area contributed by atoms with Crippen molar-refractivity contribution < 1.29 is 96.8 Å². The number of halogens is 1. The summed E-state index contributed by atoms with van der Waals surface area (Å²) < 4.78 is 0. The van der Waals surface area contributed by atoms with E-state index in [0.29, 0.717) is 0 Å². The summed E-state index contributed by atoms with van der Waals surface area (Å²) in [5.41, 5.74) is -2.74. The molecule has 0 atom stereocenters. The van der Waals surface area contributed by atoms with Gasteiger partial charge in [-0.05, 0) is 0 Å². The molecule has 0 bridgehead atoms. The fourth-order valence-electron chi connectivity index (χ4n) is 0.714. The van der Waals surface area contributed by atoms with Gasteiger partial charge >= 0.3 is 77.0 Å². The molecular weight excluding hydrogens is 265 g/mol. The van der Waals surface area contributed by atoms with Crippen molar-refractivity contribution in [3.05, 3.63) is 0 Å². The van der Waals surface area contributed by atoms with Gasteiger partial charge in [-0.2, -0.15) is 0 Å². The topological polar surface area (TPSA) is 132 Å². The molecule has 0 saturated carbocycles. The van der Waals surface area contributed by atoms with Crippen LogP contribution in [0.1, 0.15) is 15.7 Å². The van der Waals surface area contributed by atoms with Crippen molar-refractivity contribution in [2.24, 2.45) is 0 Å². The van der Waals surface area contributed by atoms with Gasteiger partial charge in [-0.15, -0.1) is 12.4 Å². The second kappa shape index (κ2) is 10.8. The first-order valence-electron chi connectivity index (χ1n) is 3.17. The van der Waals surface area contributed by atoms with Gasteiger partial charge in [0.1, 0.15) is 0 Å². The first-order valence-corrected chi connectivity index (χ1v) is 3.17. The molecule has 0 spiro atoms. The van der Waals surface area contributed by atoms with E-state index in [-0.39, 0.29) is 74.4 Å². The van der Waals surface area contributed by atoms with Crippen LogP contribution in [0, 0.1) is 0 Å². The van der Waals surface area contributed by atoms with E-state index < -0.39 is 36.4 Å². The van der Waals surface area contributed by atoms with E-state index in [1.807, 2.05) is 0 Å². The van der Waals surface area contributed by atoms with Crippen LogP contribution in [-0.2, 0) is 14.4 Å². The van der Waals surface area contributed by atoms with Crippen molar-refractivity contribution in [3.8, 4) is 0 Å². The van der Waals surface area contributed by atoms with Crippen molar-refractivity contribution in [2.45, 2.75) is 18.4 Å². The zero-order valence-electron chi connectivity index (χ0n) is 10.8. The third-order valence-electron chi connectivity index (χ3n) is 1.29. The molecule has 0 aliphatic carbocycles. The van der Waals surface area contributed by atoms with Gasteiger partial charge < -0.3 is 23.3 Å². The number of carboxylic acid groups (broad SMARTS) is 3. The Morgan fingerprint density at radius 3 is 1.31 bits per heavy atom. The molecule has 16 heavy (non-hydrogen) atoms. The molecule has 0 amide bonds. The van der Waals surface area contributed by atoms with Crippen LogP contribution in [0.25, 0.3) is 0 Å². The molecule has 0 radical (unpaired) electrons. The largest absolute Gasteiger partial charge is 1.00 e. The van der Waals surface area contributed by atoms with Crippen molar-refractivity contribution in [1.82, 2.24) is 0 Å². The molecule has 0 saturated heterocycles. The molecule has 0 aliphatic heterocycles. The monoisotopic (exact) mass is 276 g/mol. The maximum absolute atomic E-state index is 10.3. The maximum atomic E-state index is 10.3. The molecular formula is C6H11ClNa2O7. The van der Waals surface area contributed by atoms with Crippen molar-refractivity contribution >= 4 is 30.3 Å². The first-order chi connectivity index (χ1) is 5.78. The molecule has 4 N–H and O–H groups in total. The zero-order chi connectivity index (χ0) is 10.6. The zero-order valence-corrected chi connectivity index (χ0v) is 13.7. The molecule has 0 heterocycles. The number of rotatable bonds is 5. The van der Waals surface area contributed by atoms with Gasteiger partial charge in [-0.25, -0.2) is 4.79 Å². The van der Waals surface area contributed by atoms with Crippen molar-refractivity contribution in [3.63, 3.8) is 0 Å². The fourth-order valence-corrected chi connectivity index (χ4v) is 0.714. The summed E-state index contributed by atoms with van der Waals surface area (Å²) in [4.78, 5) is 30.5. The van der Waals surface area contributed by atoms with Crippen molar-refractivity contribution in [1.29, 1.82) is 0 Å². The number of carboxylic acids is 3. The Hall–Kier alpha value is 0.660. The van der Waals surface area contributed by atoms with Crippen LogP contribution in [-0.4, -0.2) is 43.9 Å². The molecule has 0 aromatic carbocycles. The number of aliphatic hydroxyl groups is 1. The van der Waals surface area contributed by atoms with Crippen LogP contribution in [0.15, 0.2) is 0 Å². The molecule has 0 aromatic heterocycles. The van der Waals surface area contributed by atoms with Gasteiger partial charge in [-0.1, -0.05) is 0 Å². The van der Waals surface area contributed by atoms with E-state index in [1.165, 1.54) is 0 Å². The van der Waals surface area contributed by atoms with Gasteiger partial charge in [0, 0.05) is 0 Å². The number of hydrogen-bond acceptors (Lipinski definition) is 4. The van der Waals surface area contributed by atoms with Crippen LogP contribution < -0.4 is 59.1 Å². The van der Waals surface area contributed by atoms with Gasteiger partial charge in [0.25, 0.3) is 0 Å². The van der Waals surface area contributed by atoms with E-state index in [2.05, 4.69) is 0 Å².